The van der Waals surface area contributed by atoms with Gasteiger partial charge in [-0.25, -0.2) is 0 Å². The maximum atomic E-state index is 5.13. The van der Waals surface area contributed by atoms with Gasteiger partial charge in [-0.3, -0.25) is 9.98 Å². The third kappa shape index (κ3) is 3.55. The first-order valence-electron chi connectivity index (χ1n) is 8.67. The molecule has 0 radical (unpaired) electrons. The van der Waals surface area contributed by atoms with E-state index in [1.54, 1.807) is 11.8 Å². The zero-order valence-corrected chi connectivity index (χ0v) is 16.5. The van der Waals surface area contributed by atoms with Crippen LogP contribution < -0.4 is 0 Å². The van der Waals surface area contributed by atoms with E-state index in [1.807, 2.05) is 0 Å². The zero-order valence-electron chi connectivity index (χ0n) is 15.7. The van der Waals surface area contributed by atoms with Crippen LogP contribution in [-0.4, -0.2) is 29.8 Å². The Morgan fingerprint density at radius 2 is 1.96 bits per heavy atom. The quantitative estimate of drug-likeness (QED) is 0.600. The third-order valence-electron chi connectivity index (χ3n) is 5.38. The number of fused-ring (bicyclic) bond motifs is 1. The van der Waals surface area contributed by atoms with Gasteiger partial charge in [0.1, 0.15) is 0 Å². The fraction of sp³-hybridized carbons (Fsp3) is 0.600. The number of aliphatic imine (C=N–C) groups is 2. The SMILES string of the molecule is CCC(C)CN=C1C=C(SC)C2=NC(C)(CC)C(C)=C(C)C2=C1. The van der Waals surface area contributed by atoms with Crippen molar-refractivity contribution < 1.29 is 0 Å². The molecule has 0 N–H and O–H groups in total. The largest absolute Gasteiger partial charge is 0.285 e. The molecular formula is C20H30N2S. The number of hydrogen-bond donors (Lipinski definition) is 0. The molecule has 1 heterocycles. The lowest BCUT2D eigenvalue weighted by Gasteiger charge is -2.35. The molecule has 0 bridgehead atoms. The number of thioether (sulfide) groups is 1. The van der Waals surface area contributed by atoms with Gasteiger partial charge in [0, 0.05) is 17.0 Å². The van der Waals surface area contributed by atoms with Crippen molar-refractivity contribution in [1.82, 2.24) is 0 Å². The summed E-state index contributed by atoms with van der Waals surface area (Å²) >= 11 is 1.78. The summed E-state index contributed by atoms with van der Waals surface area (Å²) in [4.78, 5) is 11.2. The van der Waals surface area contributed by atoms with Crippen LogP contribution >= 0.6 is 11.8 Å². The lowest BCUT2D eigenvalue weighted by molar-refractivity contribution is 0.526. The van der Waals surface area contributed by atoms with E-state index in [0.29, 0.717) is 5.92 Å². The van der Waals surface area contributed by atoms with Crippen LogP contribution in [0.3, 0.4) is 0 Å². The maximum Gasteiger partial charge on any atom is 0.0797 e. The Labute approximate surface area is 146 Å². The van der Waals surface area contributed by atoms with Crippen LogP contribution in [-0.2, 0) is 0 Å². The second-order valence-electron chi connectivity index (χ2n) is 6.89. The molecule has 23 heavy (non-hydrogen) atoms. The van der Waals surface area contributed by atoms with Crippen LogP contribution in [0.2, 0.25) is 0 Å². The molecule has 0 aromatic carbocycles. The van der Waals surface area contributed by atoms with E-state index in [0.717, 1.165) is 24.4 Å². The lowest BCUT2D eigenvalue weighted by atomic mass is 9.79. The van der Waals surface area contributed by atoms with E-state index in [2.05, 4.69) is 60.0 Å². The standard InChI is InChI=1S/C20H30N2S/c1-8-13(3)12-21-16-10-17-14(4)15(5)20(6,9-2)22-19(17)18(11-16)23-7/h10-11,13H,8-9,12H2,1-7H3. The number of nitrogens with zero attached hydrogens (tertiary/aromatic N) is 2. The Balaban J connectivity index is 2.48. The normalized spacial score (nSPS) is 27.4. The molecule has 0 amide bonds. The molecule has 0 fully saturated rings. The van der Waals surface area contributed by atoms with E-state index >= 15 is 0 Å². The predicted molar refractivity (Wildman–Crippen MR) is 106 cm³/mol. The summed E-state index contributed by atoms with van der Waals surface area (Å²) < 4.78 is 0. The summed E-state index contributed by atoms with van der Waals surface area (Å²) in [6.45, 7) is 14.3. The van der Waals surface area contributed by atoms with Crippen molar-refractivity contribution in [3.63, 3.8) is 0 Å². The lowest BCUT2D eigenvalue weighted by Crippen LogP contribution is -2.32. The average molecular weight is 331 g/mol. The van der Waals surface area contributed by atoms with E-state index in [4.69, 9.17) is 9.98 Å². The molecular weight excluding hydrogens is 300 g/mol. The number of allylic oxidation sites excluding steroid dienone is 5. The van der Waals surface area contributed by atoms with Crippen molar-refractivity contribution in [2.75, 3.05) is 12.8 Å². The molecule has 1 aliphatic carbocycles. The van der Waals surface area contributed by atoms with Crippen molar-refractivity contribution in [2.45, 2.75) is 59.9 Å². The Bertz CT molecular complexity index is 634. The highest BCUT2D eigenvalue weighted by Crippen LogP contribution is 2.40. The molecule has 0 aromatic heterocycles. The number of dihydropyridines is 1. The molecule has 0 saturated carbocycles. The van der Waals surface area contributed by atoms with Gasteiger partial charge in [0.15, 0.2) is 0 Å². The second-order valence-corrected chi connectivity index (χ2v) is 7.74. The van der Waals surface area contributed by atoms with Gasteiger partial charge in [-0.15, -0.1) is 11.8 Å². The summed E-state index contributed by atoms with van der Waals surface area (Å²) in [5.41, 5.74) is 6.21. The van der Waals surface area contributed by atoms with Crippen LogP contribution in [0.1, 0.15) is 54.4 Å². The highest BCUT2D eigenvalue weighted by atomic mass is 32.2. The van der Waals surface area contributed by atoms with Gasteiger partial charge >= 0.3 is 0 Å². The average Bonchev–Trinajstić information content (AvgIpc) is 2.57. The molecule has 1 aliphatic heterocycles. The minimum atomic E-state index is -0.0725. The maximum absolute atomic E-state index is 5.13. The van der Waals surface area contributed by atoms with Crippen LogP contribution in [0, 0.1) is 5.92 Å². The molecule has 2 rings (SSSR count). The fourth-order valence-electron chi connectivity index (χ4n) is 2.91. The molecule has 0 aromatic rings. The van der Waals surface area contributed by atoms with Crippen molar-refractivity contribution >= 4 is 23.2 Å². The van der Waals surface area contributed by atoms with Gasteiger partial charge in [-0.05, 0) is 62.7 Å². The molecule has 2 atom stereocenters. The number of hydrogen-bond acceptors (Lipinski definition) is 3. The molecule has 0 saturated heterocycles. The monoisotopic (exact) mass is 330 g/mol. The van der Waals surface area contributed by atoms with Crippen LogP contribution in [0.4, 0.5) is 0 Å². The molecule has 2 nitrogen and oxygen atoms in total. The van der Waals surface area contributed by atoms with Gasteiger partial charge in [0.25, 0.3) is 0 Å². The van der Waals surface area contributed by atoms with Gasteiger partial charge < -0.3 is 0 Å². The van der Waals surface area contributed by atoms with Gasteiger partial charge in [0.05, 0.1) is 17.0 Å². The summed E-state index contributed by atoms with van der Waals surface area (Å²) in [6.07, 6.45) is 8.78. The first kappa shape index (κ1) is 18.3. The van der Waals surface area contributed by atoms with E-state index in [-0.39, 0.29) is 5.54 Å². The number of rotatable bonds is 5. The highest BCUT2D eigenvalue weighted by molar-refractivity contribution is 8.03. The second kappa shape index (κ2) is 7.21. The molecule has 0 spiro atoms. The van der Waals surface area contributed by atoms with E-state index in [1.165, 1.54) is 28.0 Å². The van der Waals surface area contributed by atoms with Gasteiger partial charge in [0.2, 0.25) is 0 Å². The Kier molecular flexibility index (Phi) is 5.72. The Morgan fingerprint density at radius 1 is 1.26 bits per heavy atom. The van der Waals surface area contributed by atoms with Crippen LogP contribution in [0.5, 0.6) is 0 Å². The molecule has 3 heteroatoms. The predicted octanol–water partition coefficient (Wildman–Crippen LogP) is 5.62. The molecule has 126 valence electrons. The molecule has 2 unspecified atom stereocenters. The summed E-state index contributed by atoms with van der Waals surface area (Å²) in [5, 5.41) is 0. The zero-order chi connectivity index (χ0) is 17.2. The van der Waals surface area contributed by atoms with Gasteiger partial charge in [-0.2, -0.15) is 0 Å². The first-order chi connectivity index (χ1) is 10.9. The summed E-state index contributed by atoms with van der Waals surface area (Å²) in [6, 6.07) is 0. The summed E-state index contributed by atoms with van der Waals surface area (Å²) in [7, 11) is 0. The van der Waals surface area contributed by atoms with Gasteiger partial charge in [-0.1, -0.05) is 27.2 Å². The summed E-state index contributed by atoms with van der Waals surface area (Å²) in [5.74, 6) is 0.634. The first-order valence-corrected chi connectivity index (χ1v) is 9.89. The minimum absolute atomic E-state index is 0.0725. The van der Waals surface area contributed by atoms with Crippen molar-refractivity contribution in [3.05, 3.63) is 33.8 Å². The topological polar surface area (TPSA) is 24.7 Å². The Hall–Kier alpha value is -1.09. The van der Waals surface area contributed by atoms with Crippen molar-refractivity contribution in [2.24, 2.45) is 15.9 Å². The van der Waals surface area contributed by atoms with E-state index in [9.17, 15) is 0 Å². The highest BCUT2D eigenvalue weighted by Gasteiger charge is 2.34. The molecule has 2 aliphatic rings. The van der Waals surface area contributed by atoms with E-state index < -0.39 is 0 Å². The minimum Gasteiger partial charge on any atom is -0.285 e. The Morgan fingerprint density at radius 3 is 2.52 bits per heavy atom. The third-order valence-corrected chi connectivity index (χ3v) is 6.13. The van der Waals surface area contributed by atoms with Crippen LogP contribution in [0.25, 0.3) is 0 Å². The van der Waals surface area contributed by atoms with Crippen LogP contribution in [0.15, 0.2) is 43.8 Å². The van der Waals surface area contributed by atoms with Crippen molar-refractivity contribution in [1.29, 1.82) is 0 Å². The fourth-order valence-corrected chi connectivity index (χ4v) is 3.50. The smallest absolute Gasteiger partial charge is 0.0797 e. The van der Waals surface area contributed by atoms with Crippen molar-refractivity contribution in [3.8, 4) is 0 Å².